The molecule has 0 radical (unpaired) electrons. The summed E-state index contributed by atoms with van der Waals surface area (Å²) in [7, 11) is 0. The lowest BCUT2D eigenvalue weighted by molar-refractivity contribution is 0.180. The average molecular weight is 269 g/mol. The summed E-state index contributed by atoms with van der Waals surface area (Å²) in [5.41, 5.74) is 1.56. The molecular formula is C16H15NO3. The van der Waals surface area contributed by atoms with E-state index >= 15 is 0 Å². The molecule has 2 aromatic carbocycles. The van der Waals surface area contributed by atoms with Crippen LogP contribution < -0.4 is 0 Å². The van der Waals surface area contributed by atoms with Gasteiger partial charge in [0.2, 0.25) is 0 Å². The zero-order valence-electron chi connectivity index (χ0n) is 10.8. The van der Waals surface area contributed by atoms with Crippen LogP contribution in [0.1, 0.15) is 23.7 Å². The number of benzene rings is 2. The molecule has 1 unspecified atom stereocenters. The van der Waals surface area contributed by atoms with Crippen LogP contribution >= 0.6 is 0 Å². The van der Waals surface area contributed by atoms with E-state index in [2.05, 4.69) is 5.34 Å². The van der Waals surface area contributed by atoms with Crippen LogP contribution in [0.15, 0.2) is 72.1 Å². The third-order valence-corrected chi connectivity index (χ3v) is 2.90. The van der Waals surface area contributed by atoms with Crippen molar-refractivity contribution in [1.29, 1.82) is 0 Å². The van der Waals surface area contributed by atoms with Crippen molar-refractivity contribution in [2.24, 2.45) is 5.34 Å². The predicted octanol–water partition coefficient (Wildman–Crippen LogP) is 3.85. The highest BCUT2D eigenvalue weighted by Gasteiger charge is 2.08. The molecule has 0 saturated heterocycles. The van der Waals surface area contributed by atoms with Crippen LogP contribution in [0.2, 0.25) is 0 Å². The van der Waals surface area contributed by atoms with E-state index in [1.165, 1.54) is 0 Å². The van der Waals surface area contributed by atoms with Gasteiger partial charge in [-0.15, -0.1) is 4.91 Å². The van der Waals surface area contributed by atoms with Gasteiger partial charge in [-0.2, -0.15) is 0 Å². The first kappa shape index (κ1) is 14.0. The molecule has 20 heavy (non-hydrogen) atoms. The molecule has 4 nitrogen and oxygen atoms in total. The molecule has 102 valence electrons. The minimum absolute atomic E-state index is 0.337. The number of hydrogen-bond acceptors (Lipinski definition) is 4. The number of aliphatic hydroxyl groups is 1. The van der Waals surface area contributed by atoms with Gasteiger partial charge in [0.25, 0.3) is 0 Å². The zero-order chi connectivity index (χ0) is 14.2. The Balaban J connectivity index is 2.12. The van der Waals surface area contributed by atoms with Crippen molar-refractivity contribution in [3.05, 3.63) is 82.8 Å². The second kappa shape index (κ2) is 7.21. The maximum atomic E-state index is 10.3. The molecule has 1 atom stereocenters. The SMILES string of the molecule is O=NO/C(=C/CC(O)c1ccccc1)c1ccccc1. The van der Waals surface area contributed by atoms with Crippen LogP contribution in [0.3, 0.4) is 0 Å². The van der Waals surface area contributed by atoms with E-state index in [4.69, 9.17) is 4.84 Å². The molecule has 4 heteroatoms. The highest BCUT2D eigenvalue weighted by molar-refractivity contribution is 5.59. The zero-order valence-corrected chi connectivity index (χ0v) is 10.8. The van der Waals surface area contributed by atoms with Crippen molar-refractivity contribution in [3.63, 3.8) is 0 Å². The molecule has 0 saturated carbocycles. The average Bonchev–Trinajstić information content (AvgIpc) is 2.53. The first-order valence-electron chi connectivity index (χ1n) is 6.29. The molecule has 0 heterocycles. The van der Waals surface area contributed by atoms with Gasteiger partial charge in [0, 0.05) is 5.56 Å². The normalized spacial score (nSPS) is 12.8. The lowest BCUT2D eigenvalue weighted by Crippen LogP contribution is -1.96. The summed E-state index contributed by atoms with van der Waals surface area (Å²) in [5, 5.41) is 12.5. The molecule has 2 rings (SSSR count). The molecule has 0 fully saturated rings. The van der Waals surface area contributed by atoms with Gasteiger partial charge < -0.3 is 9.94 Å². The smallest absolute Gasteiger partial charge is 0.164 e. The fourth-order valence-corrected chi connectivity index (χ4v) is 1.88. The Labute approximate surface area is 117 Å². The van der Waals surface area contributed by atoms with E-state index < -0.39 is 6.10 Å². The van der Waals surface area contributed by atoms with Crippen molar-refractivity contribution in [3.8, 4) is 0 Å². The Bertz CT molecular complexity index is 567. The predicted molar refractivity (Wildman–Crippen MR) is 77.3 cm³/mol. The van der Waals surface area contributed by atoms with Gasteiger partial charge in [-0.25, -0.2) is 0 Å². The molecule has 0 aliphatic rings. The molecule has 0 aromatic heterocycles. The largest absolute Gasteiger partial charge is 0.388 e. The third kappa shape index (κ3) is 3.76. The summed E-state index contributed by atoms with van der Waals surface area (Å²) < 4.78 is 0. The Kier molecular flexibility index (Phi) is 5.03. The molecule has 0 amide bonds. The van der Waals surface area contributed by atoms with Crippen molar-refractivity contribution < 1.29 is 9.94 Å². The van der Waals surface area contributed by atoms with Crippen LogP contribution in [-0.4, -0.2) is 5.11 Å². The van der Waals surface area contributed by atoms with E-state index in [0.29, 0.717) is 12.2 Å². The molecule has 0 bridgehead atoms. The van der Waals surface area contributed by atoms with Crippen LogP contribution in [0, 0.1) is 4.91 Å². The summed E-state index contributed by atoms with van der Waals surface area (Å²) in [4.78, 5) is 15.1. The van der Waals surface area contributed by atoms with Crippen molar-refractivity contribution in [1.82, 2.24) is 0 Å². The first-order chi connectivity index (χ1) is 9.81. The van der Waals surface area contributed by atoms with Crippen LogP contribution in [0.25, 0.3) is 5.76 Å². The van der Waals surface area contributed by atoms with E-state index in [9.17, 15) is 10.0 Å². The number of hydrogen-bond donors (Lipinski definition) is 1. The highest BCUT2D eigenvalue weighted by atomic mass is 16.7. The number of aliphatic hydroxyl groups excluding tert-OH is 1. The Morgan fingerprint density at radius 2 is 1.70 bits per heavy atom. The second-order valence-electron chi connectivity index (χ2n) is 4.26. The van der Waals surface area contributed by atoms with Gasteiger partial charge >= 0.3 is 0 Å². The fraction of sp³-hybridized carbons (Fsp3) is 0.125. The van der Waals surface area contributed by atoms with Crippen molar-refractivity contribution >= 4 is 5.76 Å². The van der Waals surface area contributed by atoms with Crippen molar-refractivity contribution in [2.75, 3.05) is 0 Å². The van der Waals surface area contributed by atoms with Gasteiger partial charge in [-0.3, -0.25) is 0 Å². The molecular weight excluding hydrogens is 254 g/mol. The monoisotopic (exact) mass is 269 g/mol. The Hall–Kier alpha value is -2.46. The van der Waals surface area contributed by atoms with E-state index in [1.54, 1.807) is 6.08 Å². The van der Waals surface area contributed by atoms with Gasteiger partial charge in [0.15, 0.2) is 11.1 Å². The van der Waals surface area contributed by atoms with Crippen LogP contribution in [0.4, 0.5) is 0 Å². The fourth-order valence-electron chi connectivity index (χ4n) is 1.88. The van der Waals surface area contributed by atoms with Gasteiger partial charge in [-0.05, 0) is 18.1 Å². The van der Waals surface area contributed by atoms with Crippen LogP contribution in [-0.2, 0) is 4.84 Å². The minimum atomic E-state index is -0.648. The number of rotatable bonds is 6. The maximum Gasteiger partial charge on any atom is 0.164 e. The number of nitrogens with zero attached hydrogens (tertiary/aromatic N) is 1. The third-order valence-electron chi connectivity index (χ3n) is 2.90. The standard InChI is InChI=1S/C16H15NO3/c18-15(13-7-3-1-4-8-13)11-12-16(20-17-19)14-9-5-2-6-10-14/h1-10,12,15,18H,11H2/b16-12+. The quantitative estimate of drug-likeness (QED) is 0.492. The summed E-state index contributed by atoms with van der Waals surface area (Å²) in [6.45, 7) is 0. The lowest BCUT2D eigenvalue weighted by Gasteiger charge is -2.09. The summed E-state index contributed by atoms with van der Waals surface area (Å²) in [6, 6.07) is 18.5. The summed E-state index contributed by atoms with van der Waals surface area (Å²) >= 11 is 0. The Morgan fingerprint density at radius 3 is 2.30 bits per heavy atom. The molecule has 0 aliphatic carbocycles. The molecule has 0 spiro atoms. The molecule has 1 N–H and O–H groups in total. The maximum absolute atomic E-state index is 10.3. The summed E-state index contributed by atoms with van der Waals surface area (Å²) in [5.74, 6) is 0.343. The van der Waals surface area contributed by atoms with Gasteiger partial charge in [0.05, 0.1) is 6.10 Å². The first-order valence-corrected chi connectivity index (χ1v) is 6.29. The lowest BCUT2D eigenvalue weighted by atomic mass is 10.1. The molecule has 0 aliphatic heterocycles. The minimum Gasteiger partial charge on any atom is -0.388 e. The van der Waals surface area contributed by atoms with Gasteiger partial charge in [0.1, 0.15) is 0 Å². The van der Waals surface area contributed by atoms with Crippen LogP contribution in [0.5, 0.6) is 0 Å². The van der Waals surface area contributed by atoms with Gasteiger partial charge in [-0.1, -0.05) is 60.7 Å². The highest BCUT2D eigenvalue weighted by Crippen LogP contribution is 2.22. The van der Waals surface area contributed by atoms with E-state index in [-0.39, 0.29) is 0 Å². The van der Waals surface area contributed by atoms with E-state index in [0.717, 1.165) is 11.1 Å². The summed E-state index contributed by atoms with van der Waals surface area (Å²) in [6.07, 6.45) is 1.35. The molecule has 2 aromatic rings. The van der Waals surface area contributed by atoms with Crippen molar-refractivity contribution in [2.45, 2.75) is 12.5 Å². The second-order valence-corrected chi connectivity index (χ2v) is 4.26. The van der Waals surface area contributed by atoms with E-state index in [1.807, 2.05) is 60.7 Å². The Morgan fingerprint density at radius 1 is 1.10 bits per heavy atom. The topological polar surface area (TPSA) is 58.9 Å².